The zero-order chi connectivity index (χ0) is 20.7. The van der Waals surface area contributed by atoms with E-state index in [-0.39, 0.29) is 17.0 Å². The van der Waals surface area contributed by atoms with Gasteiger partial charge in [-0.3, -0.25) is 10.1 Å². The standard InChI is InChI=1S/C21H26ClFN2O3/c1-5-27-19-10-7-15(11-20(19)28-6-2)13(3)24-14(4)21(26)25-18-9-8-16(23)12-17(18)22/h7-14,24H,5-6H2,1-4H3,(H,25,26)/t13-,14-/m1/s1. The van der Waals surface area contributed by atoms with Gasteiger partial charge in [0.05, 0.1) is 30.0 Å². The van der Waals surface area contributed by atoms with Gasteiger partial charge in [0, 0.05) is 6.04 Å². The summed E-state index contributed by atoms with van der Waals surface area (Å²) in [5.41, 5.74) is 1.33. The molecule has 0 aromatic heterocycles. The molecule has 1 amide bonds. The fraction of sp³-hybridized carbons (Fsp3) is 0.381. The number of carbonyl (C=O) groups is 1. The first kappa shape index (κ1) is 22.0. The number of hydrogen-bond donors (Lipinski definition) is 2. The summed E-state index contributed by atoms with van der Waals surface area (Å²) in [6.45, 7) is 8.62. The Labute approximate surface area is 170 Å². The fourth-order valence-electron chi connectivity index (χ4n) is 2.72. The van der Waals surface area contributed by atoms with Crippen LogP contribution in [0.1, 0.15) is 39.3 Å². The van der Waals surface area contributed by atoms with Crippen LogP contribution in [0, 0.1) is 5.82 Å². The van der Waals surface area contributed by atoms with Crippen LogP contribution in [-0.2, 0) is 4.79 Å². The van der Waals surface area contributed by atoms with Gasteiger partial charge in [-0.1, -0.05) is 17.7 Å². The number of halogens is 2. The summed E-state index contributed by atoms with van der Waals surface area (Å²) < 4.78 is 24.4. The maximum absolute atomic E-state index is 13.1. The third-order valence-electron chi connectivity index (χ3n) is 4.15. The van der Waals surface area contributed by atoms with E-state index in [1.54, 1.807) is 6.92 Å². The Bertz CT molecular complexity index is 816. The van der Waals surface area contributed by atoms with Gasteiger partial charge >= 0.3 is 0 Å². The van der Waals surface area contributed by atoms with Crippen molar-refractivity contribution in [3.63, 3.8) is 0 Å². The summed E-state index contributed by atoms with van der Waals surface area (Å²) in [5.74, 6) is 0.641. The molecule has 7 heteroatoms. The predicted octanol–water partition coefficient (Wildman–Crippen LogP) is 4.95. The Balaban J connectivity index is 2.05. The molecule has 2 atom stereocenters. The van der Waals surface area contributed by atoms with Crippen molar-refractivity contribution in [2.45, 2.75) is 39.8 Å². The van der Waals surface area contributed by atoms with Crippen molar-refractivity contribution < 1.29 is 18.7 Å². The van der Waals surface area contributed by atoms with Gasteiger partial charge in [0.1, 0.15) is 5.82 Å². The van der Waals surface area contributed by atoms with E-state index in [0.717, 1.165) is 11.6 Å². The number of nitrogens with one attached hydrogen (secondary N) is 2. The zero-order valence-electron chi connectivity index (χ0n) is 16.5. The van der Waals surface area contributed by atoms with E-state index in [1.165, 1.54) is 12.1 Å². The Hall–Kier alpha value is -2.31. The molecule has 0 saturated carbocycles. The smallest absolute Gasteiger partial charge is 0.241 e. The van der Waals surface area contributed by atoms with E-state index in [2.05, 4.69) is 10.6 Å². The number of rotatable bonds is 9. The second kappa shape index (κ2) is 10.3. The second-order valence-electron chi connectivity index (χ2n) is 6.30. The number of carbonyl (C=O) groups excluding carboxylic acids is 1. The molecule has 2 rings (SSSR count). The maximum Gasteiger partial charge on any atom is 0.241 e. The molecule has 2 N–H and O–H groups in total. The molecular formula is C21H26ClFN2O3. The van der Waals surface area contributed by atoms with Gasteiger partial charge in [0.2, 0.25) is 5.91 Å². The monoisotopic (exact) mass is 408 g/mol. The Morgan fingerprint density at radius 2 is 1.75 bits per heavy atom. The normalized spacial score (nSPS) is 12.9. The van der Waals surface area contributed by atoms with Crippen molar-refractivity contribution in [1.82, 2.24) is 5.32 Å². The van der Waals surface area contributed by atoms with Crippen molar-refractivity contribution in [1.29, 1.82) is 0 Å². The van der Waals surface area contributed by atoms with Crippen LogP contribution in [0.3, 0.4) is 0 Å². The summed E-state index contributed by atoms with van der Waals surface area (Å²) >= 11 is 5.97. The third kappa shape index (κ3) is 5.84. The fourth-order valence-corrected chi connectivity index (χ4v) is 2.93. The van der Waals surface area contributed by atoms with E-state index < -0.39 is 11.9 Å². The van der Waals surface area contributed by atoms with E-state index in [9.17, 15) is 9.18 Å². The lowest BCUT2D eigenvalue weighted by Crippen LogP contribution is -2.39. The van der Waals surface area contributed by atoms with Gasteiger partial charge in [-0.2, -0.15) is 0 Å². The molecule has 0 bridgehead atoms. The molecule has 5 nitrogen and oxygen atoms in total. The number of hydrogen-bond acceptors (Lipinski definition) is 4. The highest BCUT2D eigenvalue weighted by Crippen LogP contribution is 2.31. The highest BCUT2D eigenvalue weighted by atomic mass is 35.5. The molecule has 0 heterocycles. The first-order valence-corrected chi connectivity index (χ1v) is 9.65. The van der Waals surface area contributed by atoms with Gasteiger partial charge in [-0.05, 0) is 63.6 Å². The van der Waals surface area contributed by atoms with Crippen LogP contribution in [-0.4, -0.2) is 25.2 Å². The number of benzene rings is 2. The molecule has 0 unspecified atom stereocenters. The average molecular weight is 409 g/mol. The molecule has 0 radical (unpaired) electrons. The van der Waals surface area contributed by atoms with Crippen LogP contribution in [0.5, 0.6) is 11.5 Å². The van der Waals surface area contributed by atoms with E-state index >= 15 is 0 Å². The van der Waals surface area contributed by atoms with Crippen molar-refractivity contribution in [3.05, 3.63) is 52.8 Å². The van der Waals surface area contributed by atoms with Crippen LogP contribution < -0.4 is 20.1 Å². The van der Waals surface area contributed by atoms with Crippen molar-refractivity contribution in [2.75, 3.05) is 18.5 Å². The van der Waals surface area contributed by atoms with Gasteiger partial charge < -0.3 is 14.8 Å². The lowest BCUT2D eigenvalue weighted by molar-refractivity contribution is -0.117. The lowest BCUT2D eigenvalue weighted by Gasteiger charge is -2.21. The molecule has 0 fully saturated rings. The van der Waals surface area contributed by atoms with Crippen LogP contribution in [0.4, 0.5) is 10.1 Å². The molecule has 2 aromatic carbocycles. The zero-order valence-corrected chi connectivity index (χ0v) is 17.3. The van der Waals surface area contributed by atoms with Gasteiger partial charge in [-0.25, -0.2) is 4.39 Å². The average Bonchev–Trinajstić information content (AvgIpc) is 2.65. The quantitative estimate of drug-likeness (QED) is 0.616. The summed E-state index contributed by atoms with van der Waals surface area (Å²) in [5, 5.41) is 6.10. The van der Waals surface area contributed by atoms with Crippen LogP contribution in [0.15, 0.2) is 36.4 Å². The summed E-state index contributed by atoms with van der Waals surface area (Å²) in [6, 6.07) is 8.94. The van der Waals surface area contributed by atoms with Crippen LogP contribution in [0.2, 0.25) is 5.02 Å². The summed E-state index contributed by atoms with van der Waals surface area (Å²) in [4.78, 5) is 12.5. The van der Waals surface area contributed by atoms with Crippen LogP contribution in [0.25, 0.3) is 0 Å². The molecule has 0 aliphatic heterocycles. The topological polar surface area (TPSA) is 59.6 Å². The third-order valence-corrected chi connectivity index (χ3v) is 4.46. The molecule has 152 valence electrons. The minimum Gasteiger partial charge on any atom is -0.490 e. The first-order valence-electron chi connectivity index (χ1n) is 9.27. The molecule has 0 aliphatic rings. The maximum atomic E-state index is 13.1. The highest BCUT2D eigenvalue weighted by Gasteiger charge is 2.18. The van der Waals surface area contributed by atoms with E-state index in [0.29, 0.717) is 30.4 Å². The van der Waals surface area contributed by atoms with Crippen molar-refractivity contribution in [2.24, 2.45) is 0 Å². The summed E-state index contributed by atoms with van der Waals surface area (Å²) in [6.07, 6.45) is 0. The Morgan fingerprint density at radius 3 is 2.39 bits per heavy atom. The minimum atomic E-state index is -0.502. The Kier molecular flexibility index (Phi) is 8.08. The van der Waals surface area contributed by atoms with Crippen molar-refractivity contribution >= 4 is 23.2 Å². The van der Waals surface area contributed by atoms with Crippen LogP contribution >= 0.6 is 11.6 Å². The minimum absolute atomic E-state index is 0.112. The van der Waals surface area contributed by atoms with E-state index in [4.69, 9.17) is 21.1 Å². The second-order valence-corrected chi connectivity index (χ2v) is 6.70. The lowest BCUT2D eigenvalue weighted by atomic mass is 10.1. The van der Waals surface area contributed by atoms with Gasteiger partial charge in [0.25, 0.3) is 0 Å². The Morgan fingerprint density at radius 1 is 1.07 bits per heavy atom. The van der Waals surface area contributed by atoms with Gasteiger partial charge in [0.15, 0.2) is 11.5 Å². The van der Waals surface area contributed by atoms with Gasteiger partial charge in [-0.15, -0.1) is 0 Å². The molecule has 0 saturated heterocycles. The summed E-state index contributed by atoms with van der Waals surface area (Å²) in [7, 11) is 0. The predicted molar refractivity (Wildman–Crippen MR) is 110 cm³/mol. The highest BCUT2D eigenvalue weighted by molar-refractivity contribution is 6.33. The SMILES string of the molecule is CCOc1ccc([C@@H](C)N[C@H](C)C(=O)Nc2ccc(F)cc2Cl)cc1OCC. The largest absolute Gasteiger partial charge is 0.490 e. The first-order chi connectivity index (χ1) is 13.3. The number of ether oxygens (including phenoxy) is 2. The molecule has 28 heavy (non-hydrogen) atoms. The van der Waals surface area contributed by atoms with Crippen molar-refractivity contribution in [3.8, 4) is 11.5 Å². The molecular weight excluding hydrogens is 383 g/mol. The molecule has 2 aromatic rings. The number of anilines is 1. The molecule has 0 aliphatic carbocycles. The number of amides is 1. The molecule has 0 spiro atoms. The van der Waals surface area contributed by atoms with E-state index in [1.807, 2.05) is 39.0 Å².